The Morgan fingerprint density at radius 1 is 1.25 bits per heavy atom. The fourth-order valence-electron chi connectivity index (χ4n) is 1.96. The van der Waals surface area contributed by atoms with Gasteiger partial charge in [0.1, 0.15) is 5.69 Å². The zero-order chi connectivity index (χ0) is 14.4. The van der Waals surface area contributed by atoms with E-state index in [0.717, 1.165) is 5.56 Å². The van der Waals surface area contributed by atoms with Crippen molar-refractivity contribution < 1.29 is 9.72 Å². The molecule has 20 heavy (non-hydrogen) atoms. The van der Waals surface area contributed by atoms with Crippen LogP contribution in [-0.4, -0.2) is 27.2 Å². The second kappa shape index (κ2) is 6.51. The molecule has 0 aliphatic rings. The summed E-state index contributed by atoms with van der Waals surface area (Å²) in [5, 5.41) is 10.8. The molecule has 6 heteroatoms. The molecule has 6 nitrogen and oxygen atoms in total. The third-order valence-corrected chi connectivity index (χ3v) is 2.92. The van der Waals surface area contributed by atoms with Crippen LogP contribution in [-0.2, 0) is 0 Å². The zero-order valence-electron chi connectivity index (χ0n) is 10.7. The predicted molar refractivity (Wildman–Crippen MR) is 72.0 cm³/mol. The fraction of sp³-hybridized carbons (Fsp3) is 0.214. The van der Waals surface area contributed by atoms with Gasteiger partial charge in [-0.15, -0.1) is 0 Å². The molecular weight excluding hydrogens is 258 g/mol. The number of ketones is 1. The lowest BCUT2D eigenvalue weighted by Crippen LogP contribution is -2.17. The first-order chi connectivity index (χ1) is 9.66. The van der Waals surface area contributed by atoms with E-state index in [-0.39, 0.29) is 24.4 Å². The molecule has 1 atom stereocenters. The summed E-state index contributed by atoms with van der Waals surface area (Å²) in [6, 6.07) is 9.01. The zero-order valence-corrected chi connectivity index (χ0v) is 10.7. The first-order valence-corrected chi connectivity index (χ1v) is 6.13. The summed E-state index contributed by atoms with van der Waals surface area (Å²) in [6.07, 6.45) is 4.32. The molecule has 2 aromatic rings. The number of carbonyl (C=O) groups excluding carboxylic acids is 1. The molecule has 0 aliphatic heterocycles. The molecule has 102 valence electrons. The second-order valence-corrected chi connectivity index (χ2v) is 4.34. The van der Waals surface area contributed by atoms with Crippen LogP contribution in [0, 0.1) is 10.1 Å². The van der Waals surface area contributed by atoms with E-state index in [9.17, 15) is 14.9 Å². The molecule has 0 aliphatic carbocycles. The Balaban J connectivity index is 2.16. The maximum Gasteiger partial charge on any atom is 0.211 e. The van der Waals surface area contributed by atoms with E-state index >= 15 is 0 Å². The van der Waals surface area contributed by atoms with Crippen molar-refractivity contribution in [3.63, 3.8) is 0 Å². The predicted octanol–water partition coefficient (Wildman–Crippen LogP) is 2.11. The molecule has 0 N–H and O–H groups in total. The topological polar surface area (TPSA) is 86.0 Å². The third kappa shape index (κ3) is 3.68. The molecule has 0 unspecified atom stereocenters. The summed E-state index contributed by atoms with van der Waals surface area (Å²) < 4.78 is 0. The highest BCUT2D eigenvalue weighted by molar-refractivity contribution is 5.94. The number of rotatable bonds is 6. The molecule has 1 heterocycles. The van der Waals surface area contributed by atoms with Gasteiger partial charge in [0.05, 0.1) is 12.1 Å². The molecule has 0 bridgehead atoms. The van der Waals surface area contributed by atoms with Crippen molar-refractivity contribution >= 4 is 5.78 Å². The highest BCUT2D eigenvalue weighted by Gasteiger charge is 2.22. The minimum absolute atomic E-state index is 0.0453. The second-order valence-electron chi connectivity index (χ2n) is 4.34. The molecule has 0 amide bonds. The standard InChI is InChI=1S/C14H13N3O3/c18-14(13-9-15-6-7-16-13)8-12(10-17(19)20)11-4-2-1-3-5-11/h1-7,9,12H,8,10H2/t12-/m0/s1. The quantitative estimate of drug-likeness (QED) is 0.456. The van der Waals surface area contributed by atoms with E-state index in [4.69, 9.17) is 0 Å². The Hall–Kier alpha value is -2.63. The SMILES string of the molecule is O=C(C[C@@H](C[N+](=O)[O-])c1ccccc1)c1cnccn1. The van der Waals surface area contributed by atoms with Crippen LogP contribution >= 0.6 is 0 Å². The van der Waals surface area contributed by atoms with Gasteiger partial charge < -0.3 is 0 Å². The Morgan fingerprint density at radius 3 is 2.60 bits per heavy atom. The smallest absolute Gasteiger partial charge is 0.211 e. The normalized spacial score (nSPS) is 11.8. The van der Waals surface area contributed by atoms with E-state index in [1.165, 1.54) is 18.6 Å². The minimum Gasteiger partial charge on any atom is -0.292 e. The van der Waals surface area contributed by atoms with E-state index in [2.05, 4.69) is 9.97 Å². The molecular formula is C14H13N3O3. The van der Waals surface area contributed by atoms with Crippen LogP contribution in [0.4, 0.5) is 0 Å². The molecule has 2 rings (SSSR count). The van der Waals surface area contributed by atoms with Crippen molar-refractivity contribution in [2.75, 3.05) is 6.54 Å². The van der Waals surface area contributed by atoms with Gasteiger partial charge in [0.15, 0.2) is 5.78 Å². The number of carbonyl (C=O) groups is 1. The van der Waals surface area contributed by atoms with Gasteiger partial charge in [-0.25, -0.2) is 4.98 Å². The lowest BCUT2D eigenvalue weighted by Gasteiger charge is -2.12. The van der Waals surface area contributed by atoms with E-state index in [1.807, 2.05) is 6.07 Å². The van der Waals surface area contributed by atoms with E-state index in [1.54, 1.807) is 24.3 Å². The highest BCUT2D eigenvalue weighted by Crippen LogP contribution is 2.21. The van der Waals surface area contributed by atoms with Crippen LogP contribution in [0.15, 0.2) is 48.9 Å². The van der Waals surface area contributed by atoms with Crippen LogP contribution in [0.2, 0.25) is 0 Å². The summed E-state index contributed by atoms with van der Waals surface area (Å²) in [5.41, 5.74) is 1.01. The average Bonchev–Trinajstić information content (AvgIpc) is 2.48. The van der Waals surface area contributed by atoms with Gasteiger partial charge in [0, 0.05) is 23.7 Å². The molecule has 0 fully saturated rings. The fourth-order valence-corrected chi connectivity index (χ4v) is 1.96. The van der Waals surface area contributed by atoms with Crippen LogP contribution in [0.5, 0.6) is 0 Å². The van der Waals surface area contributed by atoms with Gasteiger partial charge in [-0.3, -0.25) is 19.9 Å². The minimum atomic E-state index is -0.458. The van der Waals surface area contributed by atoms with Gasteiger partial charge in [-0.1, -0.05) is 30.3 Å². The average molecular weight is 271 g/mol. The van der Waals surface area contributed by atoms with Crippen LogP contribution in [0.3, 0.4) is 0 Å². The maximum absolute atomic E-state index is 12.1. The van der Waals surface area contributed by atoms with E-state index < -0.39 is 10.8 Å². The molecule has 0 radical (unpaired) electrons. The van der Waals surface area contributed by atoms with Crippen molar-refractivity contribution in [3.8, 4) is 0 Å². The van der Waals surface area contributed by atoms with Crippen molar-refractivity contribution in [2.45, 2.75) is 12.3 Å². The largest absolute Gasteiger partial charge is 0.292 e. The monoisotopic (exact) mass is 271 g/mol. The lowest BCUT2D eigenvalue weighted by molar-refractivity contribution is -0.483. The van der Waals surface area contributed by atoms with Crippen molar-refractivity contribution in [3.05, 3.63) is 70.3 Å². The van der Waals surface area contributed by atoms with Gasteiger partial charge in [-0.05, 0) is 5.56 Å². The number of nitrogens with zero attached hydrogens (tertiary/aromatic N) is 3. The Labute approximate surface area is 115 Å². The van der Waals surface area contributed by atoms with Gasteiger partial charge in [0.2, 0.25) is 6.54 Å². The Bertz CT molecular complexity index is 587. The lowest BCUT2D eigenvalue weighted by atomic mass is 9.93. The molecule has 0 spiro atoms. The number of hydrogen-bond acceptors (Lipinski definition) is 5. The van der Waals surface area contributed by atoms with Gasteiger partial charge in [-0.2, -0.15) is 0 Å². The number of benzene rings is 1. The van der Waals surface area contributed by atoms with E-state index in [0.29, 0.717) is 0 Å². The summed E-state index contributed by atoms with van der Waals surface area (Å²) in [5.74, 6) is -0.700. The van der Waals surface area contributed by atoms with Crippen LogP contribution < -0.4 is 0 Å². The van der Waals surface area contributed by atoms with Crippen molar-refractivity contribution in [2.24, 2.45) is 0 Å². The first kappa shape index (κ1) is 13.8. The first-order valence-electron chi connectivity index (χ1n) is 6.13. The molecule has 1 aromatic heterocycles. The van der Waals surface area contributed by atoms with Crippen LogP contribution in [0.1, 0.15) is 28.4 Å². The van der Waals surface area contributed by atoms with Gasteiger partial charge in [0.25, 0.3) is 0 Å². The highest BCUT2D eigenvalue weighted by atomic mass is 16.6. The van der Waals surface area contributed by atoms with Crippen LogP contribution in [0.25, 0.3) is 0 Å². The molecule has 0 saturated heterocycles. The number of aromatic nitrogens is 2. The summed E-state index contributed by atoms with van der Waals surface area (Å²) in [7, 11) is 0. The Kier molecular flexibility index (Phi) is 4.49. The molecule has 1 aromatic carbocycles. The number of Topliss-reactive ketones (excluding diaryl/α,β-unsaturated/α-hetero) is 1. The Morgan fingerprint density at radius 2 is 2.00 bits per heavy atom. The van der Waals surface area contributed by atoms with Crippen molar-refractivity contribution in [1.82, 2.24) is 9.97 Å². The summed E-state index contributed by atoms with van der Waals surface area (Å²) in [4.78, 5) is 30.2. The van der Waals surface area contributed by atoms with Crippen molar-refractivity contribution in [1.29, 1.82) is 0 Å². The maximum atomic E-state index is 12.1. The summed E-state index contributed by atoms with van der Waals surface area (Å²) in [6.45, 7) is -0.282. The number of hydrogen-bond donors (Lipinski definition) is 0. The third-order valence-electron chi connectivity index (χ3n) is 2.92. The summed E-state index contributed by atoms with van der Waals surface area (Å²) >= 11 is 0. The molecule has 0 saturated carbocycles. The van der Waals surface area contributed by atoms with Gasteiger partial charge >= 0.3 is 0 Å². The number of nitro groups is 1.